The van der Waals surface area contributed by atoms with E-state index in [0.29, 0.717) is 5.92 Å². The molecule has 0 aromatic rings. The maximum Gasteiger partial charge on any atom is 0.321 e. The number of imide groups is 1. The molecular weight excluding hydrogens is 168 g/mol. The molecule has 2 aliphatic rings. The third kappa shape index (κ3) is 1.53. The van der Waals surface area contributed by atoms with Gasteiger partial charge in [-0.1, -0.05) is 6.92 Å². The zero-order chi connectivity index (χ0) is 9.42. The van der Waals surface area contributed by atoms with Crippen LogP contribution in [0.1, 0.15) is 26.2 Å². The van der Waals surface area contributed by atoms with Crippen molar-refractivity contribution < 1.29 is 9.59 Å². The summed E-state index contributed by atoms with van der Waals surface area (Å²) in [5.41, 5.74) is 0. The van der Waals surface area contributed by atoms with Crippen molar-refractivity contribution in [2.75, 3.05) is 0 Å². The third-order valence-corrected chi connectivity index (χ3v) is 3.00. The van der Waals surface area contributed by atoms with E-state index in [0.717, 1.165) is 19.3 Å². The predicted molar refractivity (Wildman–Crippen MR) is 47.0 cm³/mol. The molecule has 4 heteroatoms. The lowest BCUT2D eigenvalue weighted by atomic mass is 9.77. The van der Waals surface area contributed by atoms with Crippen molar-refractivity contribution >= 4 is 11.9 Å². The molecule has 1 saturated carbocycles. The van der Waals surface area contributed by atoms with Crippen LogP contribution in [0.5, 0.6) is 0 Å². The topological polar surface area (TPSA) is 58.2 Å². The molecule has 0 aromatic carbocycles. The van der Waals surface area contributed by atoms with Gasteiger partial charge in [0.05, 0.1) is 5.92 Å². The van der Waals surface area contributed by atoms with Crippen LogP contribution in [0.3, 0.4) is 0 Å². The van der Waals surface area contributed by atoms with Crippen molar-refractivity contribution in [3.8, 4) is 0 Å². The van der Waals surface area contributed by atoms with Gasteiger partial charge in [-0.05, 0) is 25.2 Å². The van der Waals surface area contributed by atoms with E-state index in [9.17, 15) is 9.59 Å². The molecule has 72 valence electrons. The third-order valence-electron chi connectivity index (χ3n) is 3.00. The van der Waals surface area contributed by atoms with Gasteiger partial charge >= 0.3 is 6.03 Å². The average Bonchev–Trinajstić information content (AvgIpc) is 2.06. The number of rotatable bonds is 0. The highest BCUT2D eigenvalue weighted by molar-refractivity contribution is 5.98. The van der Waals surface area contributed by atoms with Gasteiger partial charge in [0.2, 0.25) is 5.91 Å². The van der Waals surface area contributed by atoms with Gasteiger partial charge in [-0.2, -0.15) is 0 Å². The van der Waals surface area contributed by atoms with Gasteiger partial charge in [0.15, 0.2) is 0 Å². The largest absolute Gasteiger partial charge is 0.334 e. The molecule has 2 N–H and O–H groups in total. The zero-order valence-corrected chi connectivity index (χ0v) is 7.67. The summed E-state index contributed by atoms with van der Waals surface area (Å²) in [7, 11) is 0. The Balaban J connectivity index is 2.11. The van der Waals surface area contributed by atoms with E-state index in [4.69, 9.17) is 0 Å². The molecule has 0 aromatic heterocycles. The van der Waals surface area contributed by atoms with Crippen LogP contribution in [0.4, 0.5) is 4.79 Å². The molecule has 3 amide bonds. The number of nitrogens with one attached hydrogen (secondary N) is 2. The van der Waals surface area contributed by atoms with Crippen LogP contribution in [0.25, 0.3) is 0 Å². The first kappa shape index (κ1) is 8.53. The lowest BCUT2D eigenvalue weighted by molar-refractivity contribution is -0.127. The maximum absolute atomic E-state index is 11.4. The van der Waals surface area contributed by atoms with Crippen molar-refractivity contribution in [1.29, 1.82) is 0 Å². The summed E-state index contributed by atoms with van der Waals surface area (Å²) in [4.78, 5) is 22.4. The summed E-state index contributed by atoms with van der Waals surface area (Å²) < 4.78 is 0. The number of hydrogen-bond donors (Lipinski definition) is 2. The van der Waals surface area contributed by atoms with Crippen LogP contribution in [0, 0.1) is 11.8 Å². The van der Waals surface area contributed by atoms with Gasteiger partial charge in [-0.3, -0.25) is 10.1 Å². The summed E-state index contributed by atoms with van der Waals surface area (Å²) in [5.74, 6) is 0.503. The minimum atomic E-state index is -0.333. The highest BCUT2D eigenvalue weighted by atomic mass is 16.2. The van der Waals surface area contributed by atoms with Crippen LogP contribution in [-0.4, -0.2) is 18.0 Å². The Labute approximate surface area is 77.1 Å². The van der Waals surface area contributed by atoms with E-state index in [2.05, 4.69) is 17.6 Å². The highest BCUT2D eigenvalue weighted by Gasteiger charge is 2.38. The second-order valence-electron chi connectivity index (χ2n) is 4.09. The lowest BCUT2D eigenvalue weighted by Crippen LogP contribution is -2.59. The molecule has 3 atom stereocenters. The summed E-state index contributed by atoms with van der Waals surface area (Å²) in [6.45, 7) is 2.15. The van der Waals surface area contributed by atoms with Gasteiger partial charge in [0.1, 0.15) is 0 Å². The van der Waals surface area contributed by atoms with Crippen LogP contribution in [0.15, 0.2) is 0 Å². The first-order chi connectivity index (χ1) is 6.16. The van der Waals surface area contributed by atoms with Crippen LogP contribution in [-0.2, 0) is 4.79 Å². The van der Waals surface area contributed by atoms with E-state index in [1.54, 1.807) is 0 Å². The Bertz CT molecular complexity index is 252. The first-order valence-electron chi connectivity index (χ1n) is 4.78. The fourth-order valence-corrected chi connectivity index (χ4v) is 2.25. The van der Waals surface area contributed by atoms with Crippen LogP contribution in [0.2, 0.25) is 0 Å². The molecular formula is C9H14N2O2. The molecule has 2 rings (SSSR count). The number of urea groups is 1. The number of hydrogen-bond acceptors (Lipinski definition) is 2. The number of carbonyl (C=O) groups is 2. The van der Waals surface area contributed by atoms with Crippen LogP contribution < -0.4 is 10.6 Å². The van der Waals surface area contributed by atoms with E-state index < -0.39 is 0 Å². The van der Waals surface area contributed by atoms with Crippen molar-refractivity contribution in [1.82, 2.24) is 10.6 Å². The molecule has 13 heavy (non-hydrogen) atoms. The quantitative estimate of drug-likeness (QED) is 0.577. The SMILES string of the molecule is CC1CCC2NC(=O)NC(=O)C2C1. The molecule has 1 saturated heterocycles. The normalized spacial score (nSPS) is 39.0. The molecule has 0 radical (unpaired) electrons. The Morgan fingerprint density at radius 3 is 2.85 bits per heavy atom. The highest BCUT2D eigenvalue weighted by Crippen LogP contribution is 2.30. The van der Waals surface area contributed by atoms with Crippen LogP contribution >= 0.6 is 0 Å². The maximum atomic E-state index is 11.4. The number of fused-ring (bicyclic) bond motifs is 1. The van der Waals surface area contributed by atoms with Crippen molar-refractivity contribution in [3.63, 3.8) is 0 Å². The Morgan fingerprint density at radius 2 is 2.08 bits per heavy atom. The predicted octanol–water partition coefficient (Wildman–Crippen LogP) is 0.631. The van der Waals surface area contributed by atoms with E-state index in [1.807, 2.05) is 0 Å². The Kier molecular flexibility index (Phi) is 1.98. The summed E-state index contributed by atoms with van der Waals surface area (Å²) in [6.07, 6.45) is 2.94. The van der Waals surface area contributed by atoms with E-state index >= 15 is 0 Å². The van der Waals surface area contributed by atoms with Gasteiger partial charge in [-0.15, -0.1) is 0 Å². The number of carbonyl (C=O) groups excluding carboxylic acids is 2. The second-order valence-corrected chi connectivity index (χ2v) is 4.09. The molecule has 0 spiro atoms. The van der Waals surface area contributed by atoms with Gasteiger partial charge in [0.25, 0.3) is 0 Å². The van der Waals surface area contributed by atoms with Gasteiger partial charge < -0.3 is 5.32 Å². The summed E-state index contributed by atoms with van der Waals surface area (Å²) in [6, 6.07) is -0.252. The minimum absolute atomic E-state index is 0.00134. The zero-order valence-electron chi connectivity index (χ0n) is 7.67. The van der Waals surface area contributed by atoms with Crippen molar-refractivity contribution in [2.45, 2.75) is 32.2 Å². The molecule has 1 aliphatic carbocycles. The van der Waals surface area contributed by atoms with E-state index in [1.165, 1.54) is 0 Å². The Hall–Kier alpha value is -1.06. The monoisotopic (exact) mass is 182 g/mol. The van der Waals surface area contributed by atoms with Gasteiger partial charge in [0, 0.05) is 6.04 Å². The molecule has 1 aliphatic heterocycles. The molecule has 0 bridgehead atoms. The molecule has 2 fully saturated rings. The van der Waals surface area contributed by atoms with Crippen molar-refractivity contribution in [3.05, 3.63) is 0 Å². The minimum Gasteiger partial charge on any atom is -0.334 e. The number of amides is 3. The van der Waals surface area contributed by atoms with E-state index in [-0.39, 0.29) is 23.9 Å². The van der Waals surface area contributed by atoms with Gasteiger partial charge in [-0.25, -0.2) is 4.79 Å². The summed E-state index contributed by atoms with van der Waals surface area (Å²) >= 11 is 0. The fraction of sp³-hybridized carbons (Fsp3) is 0.778. The fourth-order valence-electron chi connectivity index (χ4n) is 2.25. The average molecular weight is 182 g/mol. The lowest BCUT2D eigenvalue weighted by Gasteiger charge is -2.37. The smallest absolute Gasteiger partial charge is 0.321 e. The molecule has 1 heterocycles. The molecule has 4 nitrogen and oxygen atoms in total. The Morgan fingerprint density at radius 1 is 1.31 bits per heavy atom. The first-order valence-corrected chi connectivity index (χ1v) is 4.78. The molecule has 3 unspecified atom stereocenters. The summed E-state index contributed by atoms with van der Waals surface area (Å²) in [5, 5.41) is 5.11. The second kappa shape index (κ2) is 3.01. The standard InChI is InChI=1S/C9H14N2O2/c1-5-2-3-7-6(4-5)8(12)11-9(13)10-7/h5-7H,2-4H2,1H3,(H2,10,11,12,13). The van der Waals surface area contributed by atoms with Crippen molar-refractivity contribution in [2.24, 2.45) is 11.8 Å².